The Balaban J connectivity index is 1.65. The Morgan fingerprint density at radius 1 is 1.43 bits per heavy atom. The van der Waals surface area contributed by atoms with Crippen molar-refractivity contribution >= 4 is 11.3 Å². The van der Waals surface area contributed by atoms with E-state index in [1.165, 1.54) is 10.6 Å². The molecule has 1 atom stereocenters. The SMILES string of the molecule is CCCc1nc(COc2ccc3c(c2)CCCC3O)cs1. The lowest BCUT2D eigenvalue weighted by atomic mass is 9.89. The van der Waals surface area contributed by atoms with Gasteiger partial charge >= 0.3 is 0 Å². The predicted molar refractivity (Wildman–Crippen MR) is 84.8 cm³/mol. The van der Waals surface area contributed by atoms with Crippen LogP contribution in [0.3, 0.4) is 0 Å². The van der Waals surface area contributed by atoms with Gasteiger partial charge in [-0.2, -0.15) is 0 Å². The molecule has 1 N–H and O–H groups in total. The van der Waals surface area contributed by atoms with E-state index >= 15 is 0 Å². The second-order valence-corrected chi connectivity index (χ2v) is 6.48. The Morgan fingerprint density at radius 3 is 3.19 bits per heavy atom. The number of thiazole rings is 1. The highest BCUT2D eigenvalue weighted by Gasteiger charge is 2.18. The molecule has 0 fully saturated rings. The van der Waals surface area contributed by atoms with Gasteiger partial charge in [-0.25, -0.2) is 4.98 Å². The van der Waals surface area contributed by atoms with Crippen LogP contribution in [0, 0.1) is 0 Å². The number of nitrogens with zero attached hydrogens (tertiary/aromatic N) is 1. The maximum atomic E-state index is 9.96. The van der Waals surface area contributed by atoms with Crippen LogP contribution in [0.15, 0.2) is 23.6 Å². The molecule has 1 aliphatic rings. The molecule has 0 spiro atoms. The molecule has 0 amide bonds. The van der Waals surface area contributed by atoms with Crippen molar-refractivity contribution in [2.45, 2.75) is 51.7 Å². The van der Waals surface area contributed by atoms with E-state index in [0.717, 1.165) is 49.1 Å². The summed E-state index contributed by atoms with van der Waals surface area (Å²) in [7, 11) is 0. The summed E-state index contributed by atoms with van der Waals surface area (Å²) in [5, 5.41) is 13.2. The molecule has 4 heteroatoms. The summed E-state index contributed by atoms with van der Waals surface area (Å²) >= 11 is 1.71. The summed E-state index contributed by atoms with van der Waals surface area (Å²) in [5.41, 5.74) is 3.28. The largest absolute Gasteiger partial charge is 0.487 e. The number of fused-ring (bicyclic) bond motifs is 1. The van der Waals surface area contributed by atoms with Gasteiger partial charge in [-0.3, -0.25) is 0 Å². The number of benzene rings is 1. The first kappa shape index (κ1) is 14.5. The summed E-state index contributed by atoms with van der Waals surface area (Å²) in [4.78, 5) is 4.57. The molecule has 0 saturated heterocycles. The summed E-state index contributed by atoms with van der Waals surface area (Å²) in [6.07, 6.45) is 4.80. The number of aliphatic hydroxyl groups excluding tert-OH is 1. The van der Waals surface area contributed by atoms with Gasteiger partial charge in [-0.15, -0.1) is 11.3 Å². The third kappa shape index (κ3) is 3.44. The molecule has 1 heterocycles. The molecule has 3 nitrogen and oxygen atoms in total. The fourth-order valence-electron chi connectivity index (χ4n) is 2.76. The first-order chi connectivity index (χ1) is 10.3. The maximum absolute atomic E-state index is 9.96. The average Bonchev–Trinajstić information content (AvgIpc) is 2.93. The van der Waals surface area contributed by atoms with Crippen LogP contribution in [-0.4, -0.2) is 10.1 Å². The minimum absolute atomic E-state index is 0.307. The summed E-state index contributed by atoms with van der Waals surface area (Å²) < 4.78 is 5.85. The zero-order chi connectivity index (χ0) is 14.7. The normalized spacial score (nSPS) is 17.5. The Kier molecular flexibility index (Phi) is 4.56. The van der Waals surface area contributed by atoms with Crippen LogP contribution in [0.4, 0.5) is 0 Å². The van der Waals surface area contributed by atoms with Gasteiger partial charge in [0.1, 0.15) is 12.4 Å². The van der Waals surface area contributed by atoms with Gasteiger partial charge in [0.2, 0.25) is 0 Å². The van der Waals surface area contributed by atoms with Gasteiger partial charge in [0.05, 0.1) is 16.8 Å². The van der Waals surface area contributed by atoms with Crippen molar-refractivity contribution in [3.05, 3.63) is 45.4 Å². The van der Waals surface area contributed by atoms with Gasteiger partial charge < -0.3 is 9.84 Å². The highest BCUT2D eigenvalue weighted by Crippen LogP contribution is 2.32. The fourth-order valence-corrected chi connectivity index (χ4v) is 3.64. The van der Waals surface area contributed by atoms with E-state index in [4.69, 9.17) is 4.74 Å². The van der Waals surface area contributed by atoms with Crippen LogP contribution < -0.4 is 4.74 Å². The highest BCUT2D eigenvalue weighted by atomic mass is 32.1. The number of aromatic nitrogens is 1. The first-order valence-corrected chi connectivity index (χ1v) is 8.51. The van der Waals surface area contributed by atoms with Crippen molar-refractivity contribution in [2.24, 2.45) is 0 Å². The number of rotatable bonds is 5. The molecule has 3 rings (SSSR count). The molecule has 112 valence electrons. The molecule has 2 aromatic rings. The molecular weight excluding hydrogens is 282 g/mol. The van der Waals surface area contributed by atoms with Crippen LogP contribution >= 0.6 is 11.3 Å². The summed E-state index contributed by atoms with van der Waals surface area (Å²) in [6, 6.07) is 6.02. The minimum Gasteiger partial charge on any atom is -0.487 e. The lowest BCUT2D eigenvalue weighted by Gasteiger charge is -2.21. The molecule has 0 aliphatic heterocycles. The van der Waals surface area contributed by atoms with Gasteiger partial charge in [0.25, 0.3) is 0 Å². The van der Waals surface area contributed by atoms with Gasteiger partial charge in [-0.1, -0.05) is 13.0 Å². The lowest BCUT2D eigenvalue weighted by Crippen LogP contribution is -2.09. The van der Waals surface area contributed by atoms with E-state index in [1.807, 2.05) is 12.1 Å². The fraction of sp³-hybridized carbons (Fsp3) is 0.471. The lowest BCUT2D eigenvalue weighted by molar-refractivity contribution is 0.156. The van der Waals surface area contributed by atoms with Gasteiger partial charge in [0, 0.05) is 5.38 Å². The van der Waals surface area contributed by atoms with Crippen LogP contribution in [0.1, 0.15) is 54.1 Å². The molecule has 0 bridgehead atoms. The Hall–Kier alpha value is -1.39. The van der Waals surface area contributed by atoms with E-state index in [1.54, 1.807) is 11.3 Å². The van der Waals surface area contributed by atoms with Crippen LogP contribution in [-0.2, 0) is 19.4 Å². The average molecular weight is 303 g/mol. The molecule has 1 aromatic heterocycles. The highest BCUT2D eigenvalue weighted by molar-refractivity contribution is 7.09. The summed E-state index contributed by atoms with van der Waals surface area (Å²) in [6.45, 7) is 2.68. The number of hydrogen-bond donors (Lipinski definition) is 1. The zero-order valence-electron chi connectivity index (χ0n) is 12.3. The molecule has 1 unspecified atom stereocenters. The molecule has 1 aliphatic carbocycles. The number of aliphatic hydroxyl groups is 1. The van der Waals surface area contributed by atoms with Crippen molar-refractivity contribution in [1.29, 1.82) is 0 Å². The van der Waals surface area contributed by atoms with Crippen LogP contribution in [0.2, 0.25) is 0 Å². The number of aryl methyl sites for hydroxylation is 2. The molecule has 21 heavy (non-hydrogen) atoms. The van der Waals surface area contributed by atoms with Crippen molar-refractivity contribution in [2.75, 3.05) is 0 Å². The second kappa shape index (κ2) is 6.58. The third-order valence-electron chi connectivity index (χ3n) is 3.85. The van der Waals surface area contributed by atoms with Crippen molar-refractivity contribution in [1.82, 2.24) is 4.98 Å². The van der Waals surface area contributed by atoms with E-state index in [-0.39, 0.29) is 6.10 Å². The van der Waals surface area contributed by atoms with Crippen LogP contribution in [0.5, 0.6) is 5.75 Å². The van der Waals surface area contributed by atoms with E-state index in [2.05, 4.69) is 23.4 Å². The maximum Gasteiger partial charge on any atom is 0.131 e. The number of ether oxygens (including phenoxy) is 1. The third-order valence-corrected chi connectivity index (χ3v) is 4.80. The van der Waals surface area contributed by atoms with E-state index in [9.17, 15) is 5.11 Å². The molecular formula is C17H21NO2S. The van der Waals surface area contributed by atoms with Crippen molar-refractivity contribution in [3.63, 3.8) is 0 Å². The standard InChI is InChI=1S/C17H21NO2S/c1-2-4-17-18-13(11-21-17)10-20-14-7-8-15-12(9-14)5-3-6-16(15)19/h7-9,11,16,19H,2-6,10H2,1H3. The summed E-state index contributed by atoms with van der Waals surface area (Å²) in [5.74, 6) is 0.868. The zero-order valence-corrected chi connectivity index (χ0v) is 13.2. The minimum atomic E-state index is -0.307. The van der Waals surface area contributed by atoms with Crippen LogP contribution in [0.25, 0.3) is 0 Å². The quantitative estimate of drug-likeness (QED) is 0.906. The Labute approximate surface area is 129 Å². The number of hydrogen-bond acceptors (Lipinski definition) is 4. The smallest absolute Gasteiger partial charge is 0.131 e. The second-order valence-electron chi connectivity index (χ2n) is 5.54. The first-order valence-electron chi connectivity index (χ1n) is 7.63. The molecule has 0 radical (unpaired) electrons. The van der Waals surface area contributed by atoms with Crippen molar-refractivity contribution < 1.29 is 9.84 Å². The topological polar surface area (TPSA) is 42.4 Å². The van der Waals surface area contributed by atoms with Crippen molar-refractivity contribution in [3.8, 4) is 5.75 Å². The van der Waals surface area contributed by atoms with E-state index in [0.29, 0.717) is 6.61 Å². The van der Waals surface area contributed by atoms with E-state index < -0.39 is 0 Å². The van der Waals surface area contributed by atoms with Gasteiger partial charge in [0.15, 0.2) is 0 Å². The molecule has 0 saturated carbocycles. The Morgan fingerprint density at radius 2 is 2.33 bits per heavy atom. The Bertz CT molecular complexity index is 609. The monoisotopic (exact) mass is 303 g/mol. The van der Waals surface area contributed by atoms with Gasteiger partial charge in [-0.05, 0) is 55.4 Å². The molecule has 1 aromatic carbocycles. The predicted octanol–water partition coefficient (Wildman–Crippen LogP) is 4.04.